The van der Waals surface area contributed by atoms with E-state index < -0.39 is 0 Å². The second kappa shape index (κ2) is 7.14. The number of imidazole rings is 1. The Labute approximate surface area is 142 Å². The molecule has 4 nitrogen and oxygen atoms in total. The van der Waals surface area contributed by atoms with Crippen molar-refractivity contribution in [2.75, 3.05) is 19.6 Å². The monoisotopic (exact) mass is 320 g/mol. The van der Waals surface area contributed by atoms with Crippen LogP contribution in [0.1, 0.15) is 24.4 Å². The Hall–Kier alpha value is -2.20. The van der Waals surface area contributed by atoms with Gasteiger partial charge in [-0.3, -0.25) is 4.98 Å². The van der Waals surface area contributed by atoms with Gasteiger partial charge in [0.15, 0.2) is 0 Å². The highest BCUT2D eigenvalue weighted by molar-refractivity contribution is 5.74. The van der Waals surface area contributed by atoms with Crippen molar-refractivity contribution < 1.29 is 0 Å². The lowest BCUT2D eigenvalue weighted by Gasteiger charge is -2.32. The van der Waals surface area contributed by atoms with E-state index >= 15 is 0 Å². The van der Waals surface area contributed by atoms with Gasteiger partial charge in [-0.15, -0.1) is 0 Å². The summed E-state index contributed by atoms with van der Waals surface area (Å²) in [5.74, 6) is 1.83. The molecule has 0 spiro atoms. The fourth-order valence-corrected chi connectivity index (χ4v) is 3.72. The van der Waals surface area contributed by atoms with Crippen LogP contribution in [0.2, 0.25) is 0 Å². The molecule has 3 aromatic rings. The molecule has 4 heteroatoms. The smallest absolute Gasteiger partial charge is 0.107 e. The second-order valence-corrected chi connectivity index (χ2v) is 6.78. The molecule has 0 bridgehead atoms. The topological polar surface area (TPSA) is 44.8 Å². The van der Waals surface area contributed by atoms with Crippen molar-refractivity contribution in [1.82, 2.24) is 19.9 Å². The van der Waals surface area contributed by atoms with Gasteiger partial charge in [0, 0.05) is 37.8 Å². The normalized spacial score (nSPS) is 18.9. The molecule has 0 saturated carbocycles. The van der Waals surface area contributed by atoms with Crippen molar-refractivity contribution in [2.45, 2.75) is 25.7 Å². The molecular formula is C20H24N4. The van der Waals surface area contributed by atoms with Gasteiger partial charge in [-0.1, -0.05) is 18.2 Å². The van der Waals surface area contributed by atoms with Crippen molar-refractivity contribution in [2.24, 2.45) is 5.92 Å². The summed E-state index contributed by atoms with van der Waals surface area (Å²) in [6.07, 6.45) is 6.56. The number of para-hydroxylation sites is 2. The van der Waals surface area contributed by atoms with Gasteiger partial charge in [-0.25, -0.2) is 4.98 Å². The van der Waals surface area contributed by atoms with E-state index in [0.29, 0.717) is 5.92 Å². The van der Waals surface area contributed by atoms with Crippen LogP contribution >= 0.6 is 0 Å². The summed E-state index contributed by atoms with van der Waals surface area (Å²) in [4.78, 5) is 15.2. The van der Waals surface area contributed by atoms with E-state index in [0.717, 1.165) is 36.2 Å². The minimum atomic E-state index is 0.697. The molecule has 1 saturated heterocycles. The first-order valence-corrected chi connectivity index (χ1v) is 8.93. The Morgan fingerprint density at radius 3 is 2.92 bits per heavy atom. The van der Waals surface area contributed by atoms with Gasteiger partial charge >= 0.3 is 0 Å². The highest BCUT2D eigenvalue weighted by Gasteiger charge is 2.21. The minimum absolute atomic E-state index is 0.697. The van der Waals surface area contributed by atoms with Crippen molar-refractivity contribution in [3.63, 3.8) is 0 Å². The zero-order valence-electron chi connectivity index (χ0n) is 14.0. The van der Waals surface area contributed by atoms with E-state index in [9.17, 15) is 0 Å². The van der Waals surface area contributed by atoms with E-state index in [2.05, 4.69) is 45.2 Å². The number of hydrogen-bond donors (Lipinski definition) is 1. The van der Waals surface area contributed by atoms with Crippen LogP contribution in [0.4, 0.5) is 0 Å². The quantitative estimate of drug-likeness (QED) is 0.783. The number of nitrogens with zero attached hydrogens (tertiary/aromatic N) is 3. The molecule has 24 heavy (non-hydrogen) atoms. The molecule has 0 aliphatic carbocycles. The predicted octanol–water partition coefficient (Wildman–Crippen LogP) is 3.46. The van der Waals surface area contributed by atoms with Gasteiger partial charge in [0.05, 0.1) is 11.0 Å². The number of aromatic amines is 1. The molecule has 1 unspecified atom stereocenters. The van der Waals surface area contributed by atoms with Crippen molar-refractivity contribution in [1.29, 1.82) is 0 Å². The van der Waals surface area contributed by atoms with Crippen LogP contribution in [-0.4, -0.2) is 39.5 Å². The number of pyridine rings is 1. The summed E-state index contributed by atoms with van der Waals surface area (Å²) in [5.41, 5.74) is 3.42. The van der Waals surface area contributed by atoms with E-state index in [1.54, 1.807) is 0 Å². The SMILES string of the molecule is c1ccc(CCN2CCCC(Cc3nc4ccccc4[nH]3)C2)nc1. The zero-order chi connectivity index (χ0) is 16.2. The van der Waals surface area contributed by atoms with Gasteiger partial charge in [-0.2, -0.15) is 0 Å². The molecule has 1 fully saturated rings. The summed E-state index contributed by atoms with van der Waals surface area (Å²) in [5, 5.41) is 0. The standard InChI is InChI=1S/C20H24N4/c1-2-9-19-18(8-1)22-20(23-19)14-16-6-5-12-24(15-16)13-10-17-7-3-4-11-21-17/h1-4,7-9,11,16H,5-6,10,12-15H2,(H,22,23). The van der Waals surface area contributed by atoms with E-state index in [4.69, 9.17) is 4.98 Å². The number of H-pyrrole nitrogens is 1. The van der Waals surface area contributed by atoms with Gasteiger partial charge in [0.2, 0.25) is 0 Å². The highest BCUT2D eigenvalue weighted by Crippen LogP contribution is 2.21. The summed E-state index contributed by atoms with van der Waals surface area (Å²) >= 11 is 0. The van der Waals surface area contributed by atoms with Crippen LogP contribution < -0.4 is 0 Å². The maximum atomic E-state index is 4.74. The third-order valence-corrected chi connectivity index (χ3v) is 4.93. The van der Waals surface area contributed by atoms with Gasteiger partial charge in [0.1, 0.15) is 5.82 Å². The molecule has 1 atom stereocenters. The van der Waals surface area contributed by atoms with Crippen LogP contribution in [0.5, 0.6) is 0 Å². The number of likely N-dealkylation sites (tertiary alicyclic amines) is 1. The zero-order valence-corrected chi connectivity index (χ0v) is 14.0. The number of hydrogen-bond acceptors (Lipinski definition) is 3. The number of aromatic nitrogens is 3. The van der Waals surface area contributed by atoms with Crippen molar-refractivity contribution >= 4 is 11.0 Å². The van der Waals surface area contributed by atoms with Crippen LogP contribution in [0.25, 0.3) is 11.0 Å². The molecule has 1 aromatic carbocycles. The van der Waals surface area contributed by atoms with Gasteiger partial charge in [0.25, 0.3) is 0 Å². The molecule has 4 rings (SSSR count). The molecule has 1 aliphatic rings. The fourth-order valence-electron chi connectivity index (χ4n) is 3.72. The van der Waals surface area contributed by atoms with Gasteiger partial charge < -0.3 is 9.88 Å². The van der Waals surface area contributed by atoms with Crippen molar-refractivity contribution in [3.8, 4) is 0 Å². The van der Waals surface area contributed by atoms with Crippen LogP contribution in [0, 0.1) is 5.92 Å². The molecule has 2 aromatic heterocycles. The molecular weight excluding hydrogens is 296 g/mol. The maximum absolute atomic E-state index is 4.74. The average Bonchev–Trinajstić information content (AvgIpc) is 3.03. The number of rotatable bonds is 5. The highest BCUT2D eigenvalue weighted by atomic mass is 15.1. The molecule has 1 aliphatic heterocycles. The van der Waals surface area contributed by atoms with Crippen LogP contribution in [0.15, 0.2) is 48.7 Å². The van der Waals surface area contributed by atoms with E-state index in [1.165, 1.54) is 31.6 Å². The maximum Gasteiger partial charge on any atom is 0.107 e. The summed E-state index contributed by atoms with van der Waals surface area (Å²) in [7, 11) is 0. The summed E-state index contributed by atoms with van der Waals surface area (Å²) in [6.45, 7) is 3.49. The minimum Gasteiger partial charge on any atom is -0.342 e. The number of fused-ring (bicyclic) bond motifs is 1. The lowest BCUT2D eigenvalue weighted by Crippen LogP contribution is -2.37. The number of piperidine rings is 1. The Balaban J connectivity index is 1.34. The molecule has 0 radical (unpaired) electrons. The first kappa shape index (κ1) is 15.3. The third kappa shape index (κ3) is 3.65. The third-order valence-electron chi connectivity index (χ3n) is 4.93. The molecule has 0 amide bonds. The predicted molar refractivity (Wildman–Crippen MR) is 96.9 cm³/mol. The lowest BCUT2D eigenvalue weighted by molar-refractivity contribution is 0.174. The first-order chi connectivity index (χ1) is 11.9. The Morgan fingerprint density at radius 1 is 1.12 bits per heavy atom. The molecule has 1 N–H and O–H groups in total. The van der Waals surface area contributed by atoms with Gasteiger partial charge in [-0.05, 0) is 49.6 Å². The summed E-state index contributed by atoms with van der Waals surface area (Å²) in [6, 6.07) is 14.5. The average molecular weight is 320 g/mol. The number of benzene rings is 1. The lowest BCUT2D eigenvalue weighted by atomic mass is 9.94. The molecule has 124 valence electrons. The van der Waals surface area contributed by atoms with Crippen LogP contribution in [-0.2, 0) is 12.8 Å². The Bertz CT molecular complexity index is 747. The molecule has 3 heterocycles. The van der Waals surface area contributed by atoms with E-state index in [1.807, 2.05) is 18.3 Å². The fraction of sp³-hybridized carbons (Fsp3) is 0.400. The summed E-state index contributed by atoms with van der Waals surface area (Å²) < 4.78 is 0. The van der Waals surface area contributed by atoms with E-state index in [-0.39, 0.29) is 0 Å². The Morgan fingerprint density at radius 2 is 2.04 bits per heavy atom. The second-order valence-electron chi connectivity index (χ2n) is 6.78. The first-order valence-electron chi connectivity index (χ1n) is 8.93. The van der Waals surface area contributed by atoms with Crippen molar-refractivity contribution in [3.05, 3.63) is 60.2 Å². The largest absolute Gasteiger partial charge is 0.342 e. The number of nitrogens with one attached hydrogen (secondary N) is 1. The van der Waals surface area contributed by atoms with Crippen LogP contribution in [0.3, 0.4) is 0 Å². The Kier molecular flexibility index (Phi) is 4.56.